The van der Waals surface area contributed by atoms with Gasteiger partial charge in [0.1, 0.15) is 12.2 Å². The number of carbonyl (C=O) groups is 1. The number of aryl methyl sites for hydroxylation is 1. The molecule has 226 valence electrons. The average molecular weight is 654 g/mol. The lowest BCUT2D eigenvalue weighted by molar-refractivity contribution is -0.612. The number of nitrogens with zero attached hydrogens (tertiary/aromatic N) is 4. The van der Waals surface area contributed by atoms with Gasteiger partial charge in [0.15, 0.2) is 6.20 Å². The van der Waals surface area contributed by atoms with Crippen molar-refractivity contribution in [2.45, 2.75) is 58.9 Å². The van der Waals surface area contributed by atoms with Crippen molar-refractivity contribution in [3.05, 3.63) is 68.6 Å². The van der Waals surface area contributed by atoms with E-state index in [1.54, 1.807) is 13.0 Å². The normalized spacial score (nSPS) is 18.4. The molecule has 1 aromatic carbocycles. The number of pyridine rings is 1. The number of oxime groups is 1. The van der Waals surface area contributed by atoms with Crippen molar-refractivity contribution in [2.75, 3.05) is 39.0 Å². The standard InChI is InChI=1S/C28H37BrN4O3.CH4O3S/c1-5-36-30-26(22-6-8-24(29)9-7-22)23-11-15-32(16-12-23)28(4)13-18-31(19-14-28)27(34)25-20(2)10-17-33(35)21(25)3;1-5(2,3)4/h6-10,17,23H,5,11-16,18-19H2,1-4H3;1H3,(H,2,3,4)/b30-26-;. The van der Waals surface area contributed by atoms with Crippen molar-refractivity contribution in [3.63, 3.8) is 0 Å². The highest BCUT2D eigenvalue weighted by molar-refractivity contribution is 9.10. The highest BCUT2D eigenvalue weighted by Crippen LogP contribution is 2.34. The van der Waals surface area contributed by atoms with Gasteiger partial charge < -0.3 is 14.9 Å². The van der Waals surface area contributed by atoms with Gasteiger partial charge >= 0.3 is 0 Å². The molecule has 0 atom stereocenters. The van der Waals surface area contributed by atoms with Gasteiger partial charge in [-0.05, 0) is 82.8 Å². The lowest BCUT2D eigenvalue weighted by Gasteiger charge is -2.49. The molecule has 1 N–H and O–H groups in total. The van der Waals surface area contributed by atoms with E-state index in [9.17, 15) is 18.4 Å². The molecule has 0 unspecified atom stereocenters. The second-order valence-corrected chi connectivity index (χ2v) is 13.4. The number of hydrogen-bond donors (Lipinski definition) is 1. The smallest absolute Gasteiger partial charge is 0.261 e. The highest BCUT2D eigenvalue weighted by Gasteiger charge is 2.40. The van der Waals surface area contributed by atoms with Crippen LogP contribution >= 0.6 is 15.9 Å². The van der Waals surface area contributed by atoms with Crippen molar-refractivity contribution < 1.29 is 27.3 Å². The van der Waals surface area contributed by atoms with Crippen molar-refractivity contribution in [1.29, 1.82) is 0 Å². The van der Waals surface area contributed by atoms with Gasteiger partial charge in [0.25, 0.3) is 16.0 Å². The molecule has 2 fully saturated rings. The molecule has 0 spiro atoms. The zero-order valence-electron chi connectivity index (χ0n) is 24.5. The van der Waals surface area contributed by atoms with E-state index < -0.39 is 10.1 Å². The number of hydrogen-bond acceptors (Lipinski definition) is 7. The van der Waals surface area contributed by atoms with Crippen molar-refractivity contribution >= 4 is 37.7 Å². The van der Waals surface area contributed by atoms with Crippen LogP contribution in [0.2, 0.25) is 0 Å². The molecule has 3 heterocycles. The first-order valence-corrected chi connectivity index (χ1v) is 16.5. The third-order valence-electron chi connectivity index (χ3n) is 7.97. The molecule has 0 bridgehead atoms. The predicted molar refractivity (Wildman–Crippen MR) is 162 cm³/mol. The summed E-state index contributed by atoms with van der Waals surface area (Å²) in [5.74, 6) is 0.337. The molecule has 2 aliphatic rings. The molecular weight excluding hydrogens is 612 g/mol. The van der Waals surface area contributed by atoms with Gasteiger partial charge in [-0.2, -0.15) is 13.1 Å². The van der Waals surface area contributed by atoms with Crippen LogP contribution in [0.15, 0.2) is 46.2 Å². The van der Waals surface area contributed by atoms with Gasteiger partial charge in [0, 0.05) is 42.0 Å². The van der Waals surface area contributed by atoms with Gasteiger partial charge in [-0.25, -0.2) is 0 Å². The molecule has 0 saturated carbocycles. The third-order valence-corrected chi connectivity index (χ3v) is 8.49. The summed E-state index contributed by atoms with van der Waals surface area (Å²) in [5.41, 5.74) is 4.11. The Kier molecular flexibility index (Phi) is 11.3. The molecule has 41 heavy (non-hydrogen) atoms. The Morgan fingerprint density at radius 3 is 2.24 bits per heavy atom. The van der Waals surface area contributed by atoms with Crippen LogP contribution in [0.3, 0.4) is 0 Å². The summed E-state index contributed by atoms with van der Waals surface area (Å²) in [6.07, 6.45) is 6.11. The molecule has 0 radical (unpaired) electrons. The zero-order valence-corrected chi connectivity index (χ0v) is 26.9. The van der Waals surface area contributed by atoms with E-state index in [1.807, 2.05) is 18.7 Å². The Balaban J connectivity index is 0.000000850. The summed E-state index contributed by atoms with van der Waals surface area (Å²) in [6.45, 7) is 11.9. The molecule has 0 aliphatic carbocycles. The van der Waals surface area contributed by atoms with Crippen molar-refractivity contribution in [1.82, 2.24) is 9.80 Å². The van der Waals surface area contributed by atoms with E-state index in [4.69, 9.17) is 9.39 Å². The minimum atomic E-state index is -3.67. The number of carbonyl (C=O) groups excluding carboxylic acids is 1. The van der Waals surface area contributed by atoms with Crippen LogP contribution in [0.4, 0.5) is 0 Å². The second kappa shape index (κ2) is 14.1. The zero-order chi connectivity index (χ0) is 30.4. The van der Waals surface area contributed by atoms with Crippen LogP contribution in [-0.4, -0.2) is 79.0 Å². The summed E-state index contributed by atoms with van der Waals surface area (Å²) in [6, 6.07) is 10.0. The molecular formula is C29H41BrN4O6S. The summed E-state index contributed by atoms with van der Waals surface area (Å²) >= 11 is 3.52. The fraction of sp³-hybridized carbons (Fsp3) is 0.552. The Morgan fingerprint density at radius 2 is 1.71 bits per heavy atom. The first kappa shape index (κ1) is 33.0. The molecule has 12 heteroatoms. The highest BCUT2D eigenvalue weighted by atomic mass is 79.9. The SMILES string of the molecule is CCO/N=C(/c1ccc(Br)cc1)C1CCN(C2(C)CCN(C(=O)c3c(C)cc[n+]([O-])c3C)CC2)CC1.CS(=O)(=O)O. The first-order valence-electron chi connectivity index (χ1n) is 13.9. The van der Waals surface area contributed by atoms with E-state index >= 15 is 0 Å². The lowest BCUT2D eigenvalue weighted by atomic mass is 9.82. The van der Waals surface area contributed by atoms with Crippen LogP contribution in [0.25, 0.3) is 0 Å². The maximum atomic E-state index is 13.3. The quantitative estimate of drug-likeness (QED) is 0.162. The van der Waals surface area contributed by atoms with E-state index in [2.05, 4.69) is 57.2 Å². The fourth-order valence-electron chi connectivity index (χ4n) is 5.57. The number of aromatic nitrogens is 1. The summed E-state index contributed by atoms with van der Waals surface area (Å²) in [4.78, 5) is 23.3. The van der Waals surface area contributed by atoms with Gasteiger partial charge in [-0.1, -0.05) is 33.2 Å². The summed E-state index contributed by atoms with van der Waals surface area (Å²) < 4.78 is 27.7. The predicted octanol–water partition coefficient (Wildman–Crippen LogP) is 4.35. The molecule has 4 rings (SSSR count). The van der Waals surface area contributed by atoms with Gasteiger partial charge in [0.2, 0.25) is 5.69 Å². The first-order chi connectivity index (χ1) is 19.2. The largest absolute Gasteiger partial charge is 0.618 e. The van der Waals surface area contributed by atoms with E-state index in [0.717, 1.165) is 64.8 Å². The summed E-state index contributed by atoms with van der Waals surface area (Å²) in [7, 11) is -3.67. The maximum absolute atomic E-state index is 13.3. The van der Waals surface area contributed by atoms with Crippen LogP contribution in [0.1, 0.15) is 66.7 Å². The lowest BCUT2D eigenvalue weighted by Crippen LogP contribution is -2.57. The Hall–Kier alpha value is -2.54. The van der Waals surface area contributed by atoms with Crippen molar-refractivity contribution in [2.24, 2.45) is 11.1 Å². The van der Waals surface area contributed by atoms with Crippen LogP contribution in [0.5, 0.6) is 0 Å². The molecule has 2 saturated heterocycles. The van der Waals surface area contributed by atoms with Gasteiger partial charge in [0.05, 0.1) is 12.0 Å². The third kappa shape index (κ3) is 8.97. The molecule has 2 aliphatic heterocycles. The van der Waals surface area contributed by atoms with Gasteiger partial charge in [-0.15, -0.1) is 0 Å². The number of amides is 1. The molecule has 2 aromatic rings. The fourth-order valence-corrected chi connectivity index (χ4v) is 5.83. The number of halogens is 1. The van der Waals surface area contributed by atoms with Crippen LogP contribution in [0, 0.1) is 25.0 Å². The minimum absolute atomic E-state index is 0.0257. The molecule has 1 amide bonds. The Bertz CT molecular complexity index is 1330. The number of piperidine rings is 2. The topological polar surface area (TPSA) is 126 Å². The van der Waals surface area contributed by atoms with E-state index in [1.165, 1.54) is 6.20 Å². The van der Waals surface area contributed by atoms with Crippen molar-refractivity contribution in [3.8, 4) is 0 Å². The monoisotopic (exact) mass is 652 g/mol. The summed E-state index contributed by atoms with van der Waals surface area (Å²) in [5, 5.41) is 16.6. The van der Waals surface area contributed by atoms with Crippen LogP contribution < -0.4 is 4.73 Å². The van der Waals surface area contributed by atoms with E-state index in [-0.39, 0.29) is 11.4 Å². The van der Waals surface area contributed by atoms with E-state index in [0.29, 0.717) is 43.1 Å². The number of rotatable bonds is 6. The molecule has 1 aromatic heterocycles. The Morgan fingerprint density at radius 1 is 1.15 bits per heavy atom. The second-order valence-electron chi connectivity index (χ2n) is 11.0. The number of benzene rings is 1. The average Bonchev–Trinajstić information content (AvgIpc) is 2.92. The maximum Gasteiger partial charge on any atom is 0.261 e. The Labute approximate surface area is 251 Å². The van der Waals surface area contributed by atoms with Gasteiger partial charge in [-0.3, -0.25) is 14.2 Å². The minimum Gasteiger partial charge on any atom is -0.618 e. The molecule has 10 nitrogen and oxygen atoms in total. The van der Waals surface area contributed by atoms with Crippen LogP contribution in [-0.2, 0) is 15.0 Å². The number of likely N-dealkylation sites (tertiary alicyclic amines) is 2.